The van der Waals surface area contributed by atoms with Gasteiger partial charge in [-0.15, -0.1) is 0 Å². The Kier molecular flexibility index (Phi) is 5.67. The molecule has 1 aromatic rings. The summed E-state index contributed by atoms with van der Waals surface area (Å²) < 4.78 is 11.4. The minimum absolute atomic E-state index is 0.116. The topological polar surface area (TPSA) is 18.5 Å². The van der Waals surface area contributed by atoms with Crippen molar-refractivity contribution < 1.29 is 9.47 Å². The zero-order valence-electron chi connectivity index (χ0n) is 12.4. The standard InChI is InChI=1S/C16H26O2/c1-11(2)16(12(3)4)18-13(5)14-7-9-15(17-6)10-8-14/h7-13,16H,1-6H3. The van der Waals surface area contributed by atoms with Gasteiger partial charge in [-0.2, -0.15) is 0 Å². The predicted octanol–water partition coefficient (Wildman–Crippen LogP) is 4.45. The Labute approximate surface area is 111 Å². The minimum atomic E-state index is 0.116. The first kappa shape index (κ1) is 15.0. The molecule has 0 bridgehead atoms. The number of methoxy groups -OCH3 is 1. The van der Waals surface area contributed by atoms with Crippen molar-refractivity contribution in [1.82, 2.24) is 0 Å². The van der Waals surface area contributed by atoms with Gasteiger partial charge >= 0.3 is 0 Å². The van der Waals surface area contributed by atoms with Crippen LogP contribution in [0, 0.1) is 11.8 Å². The quantitative estimate of drug-likeness (QED) is 0.742. The van der Waals surface area contributed by atoms with E-state index in [0.717, 1.165) is 5.75 Å². The Balaban J connectivity index is 2.70. The monoisotopic (exact) mass is 250 g/mol. The van der Waals surface area contributed by atoms with E-state index in [1.165, 1.54) is 5.56 Å². The fourth-order valence-electron chi connectivity index (χ4n) is 2.27. The maximum atomic E-state index is 6.19. The molecule has 1 aromatic carbocycles. The Morgan fingerprint density at radius 3 is 1.72 bits per heavy atom. The summed E-state index contributed by atoms with van der Waals surface area (Å²) in [5.74, 6) is 1.95. The van der Waals surface area contributed by atoms with Gasteiger partial charge in [0.25, 0.3) is 0 Å². The summed E-state index contributed by atoms with van der Waals surface area (Å²) in [5, 5.41) is 0. The number of ether oxygens (including phenoxy) is 2. The van der Waals surface area contributed by atoms with Crippen LogP contribution in [0.2, 0.25) is 0 Å². The van der Waals surface area contributed by atoms with Crippen LogP contribution in [0.15, 0.2) is 24.3 Å². The lowest BCUT2D eigenvalue weighted by Gasteiger charge is -2.29. The fourth-order valence-corrected chi connectivity index (χ4v) is 2.27. The molecule has 0 fully saturated rings. The third-order valence-electron chi connectivity index (χ3n) is 3.26. The highest BCUT2D eigenvalue weighted by Crippen LogP contribution is 2.26. The van der Waals surface area contributed by atoms with Crippen molar-refractivity contribution in [1.29, 1.82) is 0 Å². The van der Waals surface area contributed by atoms with E-state index in [4.69, 9.17) is 9.47 Å². The molecule has 0 radical (unpaired) electrons. The fraction of sp³-hybridized carbons (Fsp3) is 0.625. The van der Waals surface area contributed by atoms with E-state index in [1.54, 1.807) is 7.11 Å². The van der Waals surface area contributed by atoms with E-state index < -0.39 is 0 Å². The van der Waals surface area contributed by atoms with Crippen molar-refractivity contribution in [3.8, 4) is 5.75 Å². The van der Waals surface area contributed by atoms with E-state index >= 15 is 0 Å². The van der Waals surface area contributed by atoms with Crippen molar-refractivity contribution in [2.75, 3.05) is 7.11 Å². The average molecular weight is 250 g/mol. The Morgan fingerprint density at radius 2 is 1.33 bits per heavy atom. The van der Waals surface area contributed by atoms with Crippen LogP contribution in [-0.4, -0.2) is 13.2 Å². The van der Waals surface area contributed by atoms with E-state index in [0.29, 0.717) is 17.9 Å². The number of benzene rings is 1. The van der Waals surface area contributed by atoms with Crippen molar-refractivity contribution in [3.05, 3.63) is 29.8 Å². The molecule has 0 spiro atoms. The molecule has 1 unspecified atom stereocenters. The van der Waals surface area contributed by atoms with Gasteiger partial charge in [-0.3, -0.25) is 0 Å². The molecule has 0 saturated heterocycles. The van der Waals surface area contributed by atoms with Crippen molar-refractivity contribution in [2.24, 2.45) is 11.8 Å². The summed E-state index contributed by atoms with van der Waals surface area (Å²) in [6, 6.07) is 8.10. The van der Waals surface area contributed by atoms with Crippen LogP contribution in [0.1, 0.15) is 46.3 Å². The zero-order valence-corrected chi connectivity index (χ0v) is 12.4. The molecule has 102 valence electrons. The SMILES string of the molecule is COc1ccc(C(C)OC(C(C)C)C(C)C)cc1. The molecule has 0 aromatic heterocycles. The summed E-state index contributed by atoms with van der Waals surface area (Å²) in [6.45, 7) is 11.0. The van der Waals surface area contributed by atoms with Gasteiger partial charge in [0.1, 0.15) is 5.75 Å². The van der Waals surface area contributed by atoms with Crippen molar-refractivity contribution in [3.63, 3.8) is 0 Å². The van der Waals surface area contributed by atoms with Crippen LogP contribution >= 0.6 is 0 Å². The molecule has 0 heterocycles. The first-order valence-corrected chi connectivity index (χ1v) is 6.75. The molecule has 0 aliphatic heterocycles. The lowest BCUT2D eigenvalue weighted by molar-refractivity contribution is -0.0532. The summed E-state index contributed by atoms with van der Waals surface area (Å²) in [6.07, 6.45) is 0.410. The van der Waals surface area contributed by atoms with Crippen LogP contribution in [0.5, 0.6) is 5.75 Å². The zero-order chi connectivity index (χ0) is 13.7. The molecule has 0 aliphatic rings. The largest absolute Gasteiger partial charge is 0.497 e. The summed E-state index contributed by atoms with van der Waals surface area (Å²) in [7, 11) is 1.68. The second kappa shape index (κ2) is 6.79. The normalized spacial score (nSPS) is 13.4. The second-order valence-electron chi connectivity index (χ2n) is 5.50. The molecule has 0 N–H and O–H groups in total. The smallest absolute Gasteiger partial charge is 0.118 e. The first-order chi connectivity index (χ1) is 8.45. The molecular weight excluding hydrogens is 224 g/mol. The van der Waals surface area contributed by atoms with Gasteiger partial charge in [-0.25, -0.2) is 0 Å². The Morgan fingerprint density at radius 1 is 0.833 bits per heavy atom. The Bertz CT molecular complexity index is 333. The van der Waals surface area contributed by atoms with Crippen molar-refractivity contribution in [2.45, 2.75) is 46.8 Å². The Hall–Kier alpha value is -1.02. The van der Waals surface area contributed by atoms with Crippen LogP contribution in [0.4, 0.5) is 0 Å². The lowest BCUT2D eigenvalue weighted by atomic mass is 9.96. The third-order valence-corrected chi connectivity index (χ3v) is 3.26. The predicted molar refractivity (Wildman–Crippen MR) is 76.0 cm³/mol. The number of hydrogen-bond acceptors (Lipinski definition) is 2. The number of rotatable bonds is 6. The van der Waals surface area contributed by atoms with E-state index in [2.05, 4.69) is 46.8 Å². The maximum Gasteiger partial charge on any atom is 0.118 e. The lowest BCUT2D eigenvalue weighted by Crippen LogP contribution is -2.27. The summed E-state index contributed by atoms with van der Waals surface area (Å²) >= 11 is 0. The van der Waals surface area contributed by atoms with Gasteiger partial charge in [-0.05, 0) is 36.5 Å². The van der Waals surface area contributed by atoms with Crippen LogP contribution in [-0.2, 0) is 4.74 Å². The van der Waals surface area contributed by atoms with Gasteiger partial charge in [-0.1, -0.05) is 39.8 Å². The molecule has 0 saturated carbocycles. The molecule has 2 heteroatoms. The van der Waals surface area contributed by atoms with Gasteiger partial charge in [0.2, 0.25) is 0 Å². The highest BCUT2D eigenvalue weighted by Gasteiger charge is 2.21. The van der Waals surface area contributed by atoms with Crippen LogP contribution in [0.3, 0.4) is 0 Å². The highest BCUT2D eigenvalue weighted by atomic mass is 16.5. The van der Waals surface area contributed by atoms with Gasteiger partial charge in [0, 0.05) is 0 Å². The third kappa shape index (κ3) is 4.02. The van der Waals surface area contributed by atoms with Gasteiger partial charge in [0.15, 0.2) is 0 Å². The molecule has 2 nitrogen and oxygen atoms in total. The van der Waals surface area contributed by atoms with E-state index in [-0.39, 0.29) is 6.10 Å². The molecular formula is C16H26O2. The molecule has 1 rings (SSSR count). The van der Waals surface area contributed by atoms with Crippen molar-refractivity contribution >= 4 is 0 Å². The van der Waals surface area contributed by atoms with Crippen LogP contribution in [0.25, 0.3) is 0 Å². The van der Waals surface area contributed by atoms with E-state index in [1.807, 2.05) is 12.1 Å². The van der Waals surface area contributed by atoms with E-state index in [9.17, 15) is 0 Å². The minimum Gasteiger partial charge on any atom is -0.497 e. The summed E-state index contributed by atoms with van der Waals surface area (Å²) in [4.78, 5) is 0. The summed E-state index contributed by atoms with van der Waals surface area (Å²) in [5.41, 5.74) is 1.20. The molecule has 18 heavy (non-hydrogen) atoms. The van der Waals surface area contributed by atoms with Gasteiger partial charge in [0.05, 0.1) is 19.3 Å². The van der Waals surface area contributed by atoms with Crippen LogP contribution < -0.4 is 4.74 Å². The molecule has 0 amide bonds. The maximum absolute atomic E-state index is 6.19. The van der Waals surface area contributed by atoms with Gasteiger partial charge < -0.3 is 9.47 Å². The molecule has 1 atom stereocenters. The second-order valence-corrected chi connectivity index (χ2v) is 5.50. The first-order valence-electron chi connectivity index (χ1n) is 6.75. The highest BCUT2D eigenvalue weighted by molar-refractivity contribution is 5.28. The molecule has 0 aliphatic carbocycles. The number of hydrogen-bond donors (Lipinski definition) is 0. The average Bonchev–Trinajstić information content (AvgIpc) is 2.35.